The van der Waals surface area contributed by atoms with Crippen molar-refractivity contribution in [3.8, 4) is 45.0 Å². The second-order valence-electron chi connectivity index (χ2n) is 24.0. The molecule has 12 nitrogen and oxygen atoms in total. The Bertz CT molecular complexity index is 5500. The highest BCUT2D eigenvalue weighted by atomic mass is 16.3. The molecule has 0 saturated carbocycles. The van der Waals surface area contributed by atoms with Crippen LogP contribution in [0.4, 0.5) is 0 Å². The van der Waals surface area contributed by atoms with Crippen LogP contribution in [-0.4, -0.2) is 19.9 Å². The third-order valence-corrected chi connectivity index (χ3v) is 17.2. The minimum atomic E-state index is 0.713. The summed E-state index contributed by atoms with van der Waals surface area (Å²) in [7, 11) is 8.30. The first-order chi connectivity index (χ1) is 43.3. The predicted molar refractivity (Wildman–Crippen MR) is 360 cm³/mol. The number of fused-ring (bicyclic) bond motifs is 12. The maximum absolute atomic E-state index is 5.96. The lowest BCUT2D eigenvalue weighted by atomic mass is 9.99. The molecule has 0 fully saturated rings. The molecule has 0 aliphatic carbocycles. The van der Waals surface area contributed by atoms with Crippen LogP contribution in [0.15, 0.2) is 200 Å². The molecule has 0 saturated heterocycles. The molecular weight excluding hydrogens is 1110 g/mol. The summed E-state index contributed by atoms with van der Waals surface area (Å²) in [4.78, 5) is 18.2. The lowest BCUT2D eigenvalue weighted by Crippen LogP contribution is -2.31. The van der Waals surface area contributed by atoms with E-state index < -0.39 is 0 Å². The highest BCUT2D eigenvalue weighted by Gasteiger charge is 2.23. The Hall–Kier alpha value is -10.7. The van der Waals surface area contributed by atoms with Crippen molar-refractivity contribution in [3.05, 3.63) is 239 Å². The van der Waals surface area contributed by atoms with E-state index in [1.807, 2.05) is 82.4 Å². The van der Waals surface area contributed by atoms with E-state index in [1.54, 1.807) is 0 Å². The second-order valence-corrected chi connectivity index (χ2v) is 24.0. The zero-order valence-corrected chi connectivity index (χ0v) is 53.5. The maximum Gasteiger partial charge on any atom is 0.227 e. The molecule has 16 aromatic rings. The Labute approximate surface area is 522 Å². The first-order valence-electron chi connectivity index (χ1n) is 30.4. The molecule has 0 N–H and O–H groups in total. The molecule has 444 valence electrons. The Morgan fingerprint density at radius 3 is 1.49 bits per heavy atom. The van der Waals surface area contributed by atoms with Gasteiger partial charge >= 0.3 is 0 Å². The van der Waals surface area contributed by atoms with Crippen LogP contribution in [0.3, 0.4) is 0 Å². The van der Waals surface area contributed by atoms with Crippen molar-refractivity contribution in [2.75, 3.05) is 0 Å². The Morgan fingerprint density at radius 1 is 0.344 bits per heavy atom. The summed E-state index contributed by atoms with van der Waals surface area (Å²) in [6, 6.07) is 52.4. The fourth-order valence-corrected chi connectivity index (χ4v) is 12.6. The summed E-state index contributed by atoms with van der Waals surface area (Å²) in [6.07, 6.45) is 10.2. The highest BCUT2D eigenvalue weighted by Crippen LogP contribution is 2.39. The van der Waals surface area contributed by atoms with Gasteiger partial charge in [-0.2, -0.15) is 0 Å². The van der Waals surface area contributed by atoms with Gasteiger partial charge in [-0.3, -0.25) is 4.98 Å². The lowest BCUT2D eigenvalue weighted by Gasteiger charge is -2.08. The molecule has 0 radical (unpaired) electrons. The maximum atomic E-state index is 5.96. The molecule has 0 spiro atoms. The van der Waals surface area contributed by atoms with Crippen molar-refractivity contribution in [1.82, 2.24) is 19.9 Å². The van der Waals surface area contributed by atoms with Crippen molar-refractivity contribution < 1.29 is 35.9 Å². The molecule has 90 heavy (non-hydrogen) atoms. The van der Waals surface area contributed by atoms with E-state index in [0.29, 0.717) is 5.71 Å². The van der Waals surface area contributed by atoms with Crippen molar-refractivity contribution in [2.24, 2.45) is 28.2 Å². The fraction of sp³-hybridized carbons (Fsp3) is 0.179. The zero-order valence-electron chi connectivity index (χ0n) is 53.5. The topological polar surface area (TPSA) is 120 Å². The Kier molecular flexibility index (Phi) is 15.2. The van der Waals surface area contributed by atoms with Crippen LogP contribution in [-0.2, 0) is 28.2 Å². The largest absolute Gasteiger partial charge is 0.454 e. The molecule has 12 heteroatoms. The molecule has 4 aromatic carbocycles. The average molecular weight is 1190 g/mol. The van der Waals surface area contributed by atoms with Crippen LogP contribution in [0.1, 0.15) is 56.2 Å². The van der Waals surface area contributed by atoms with Crippen molar-refractivity contribution >= 4 is 88.1 Å². The quantitative estimate of drug-likeness (QED) is 0.160. The first kappa shape index (κ1) is 58.3. The lowest BCUT2D eigenvalue weighted by molar-refractivity contribution is -0.660. The number of rotatable bonds is 4. The van der Waals surface area contributed by atoms with Crippen LogP contribution in [0.5, 0.6) is 0 Å². The van der Waals surface area contributed by atoms with Gasteiger partial charge in [-0.25, -0.2) is 33.2 Å². The number of nitrogens with zero attached hydrogens (tertiary/aromatic N) is 8. The second kappa shape index (κ2) is 23.4. The van der Waals surface area contributed by atoms with Gasteiger partial charge in [0.15, 0.2) is 36.0 Å². The number of hydrogen-bond acceptors (Lipinski definition) is 8. The number of aryl methyl sites for hydroxylation is 14. The van der Waals surface area contributed by atoms with Gasteiger partial charge in [0.05, 0.1) is 22.8 Å². The molecule has 0 amide bonds. The monoisotopic (exact) mass is 1180 g/mol. The highest BCUT2D eigenvalue weighted by molar-refractivity contribution is 6.09. The summed E-state index contributed by atoms with van der Waals surface area (Å²) in [5.74, 6) is 0. The SMILES string of the molecule is Cc1ccc(-c2cc3c(cc2C)oc2cnc(C)cc23)[n+](C)c1.Cc1ccc(-c2cc3c(cc2C)oc2nc(C)ccc23)[n+](C)c1.Cc1ccc2oc3cc(C)c(-c4cccc[n+]4C)cc3c2n1.Cc1nc2oc3ccccc3c2c(C)c1-c1cccc[n+]1C. The van der Waals surface area contributed by atoms with Crippen molar-refractivity contribution in [3.63, 3.8) is 0 Å². The number of hydrogen-bond donors (Lipinski definition) is 0. The summed E-state index contributed by atoms with van der Waals surface area (Å²) < 4.78 is 32.4. The van der Waals surface area contributed by atoms with E-state index in [4.69, 9.17) is 22.7 Å². The van der Waals surface area contributed by atoms with E-state index >= 15 is 0 Å². The van der Waals surface area contributed by atoms with Gasteiger partial charge in [0.25, 0.3) is 0 Å². The molecule has 16 rings (SSSR count). The molecular formula is C78H72N8O4+4. The standard InChI is InChI=1S/2C20H19N2O.2C19H17N2O/c1-12-5-8-18(22(4)11-12)16-10-17-15-7-6-14(3)21-20(15)23-19(17)9-13(16)2;1-12-5-6-18(22(4)11-12)15-9-17-16-8-14(3)21-10-20(16)23-19(17)7-13(15)2;1-12-17(15-9-6-7-11-21(15)3)13(2)20-19-18(12)14-8-4-5-10-16(14)22-19;1-12-10-18-15(19-17(22-18)8-7-13(2)20-19)11-14(12)16-6-4-5-9-21(16)3/h2*5-11H,1-4H3;2*4-11H,1-3H3/q4*+1. The normalized spacial score (nSPS) is 11.4. The summed E-state index contributed by atoms with van der Waals surface area (Å²) in [5, 5.41) is 7.77. The van der Waals surface area contributed by atoms with Gasteiger partial charge in [-0.05, 0) is 189 Å². The minimum Gasteiger partial charge on any atom is -0.454 e. The van der Waals surface area contributed by atoms with E-state index in [9.17, 15) is 0 Å². The number of benzene rings is 4. The molecule has 0 unspecified atom stereocenters. The van der Waals surface area contributed by atoms with Crippen LogP contribution in [0.25, 0.3) is 133 Å². The molecule has 12 heterocycles. The van der Waals surface area contributed by atoms with Gasteiger partial charge in [0.2, 0.25) is 34.2 Å². The van der Waals surface area contributed by atoms with Gasteiger partial charge in [0.1, 0.15) is 56.0 Å². The Morgan fingerprint density at radius 2 is 0.856 bits per heavy atom. The van der Waals surface area contributed by atoms with Gasteiger partial charge in [-0.1, -0.05) is 18.2 Å². The number of para-hydroxylation sites is 1. The first-order valence-corrected chi connectivity index (χ1v) is 30.4. The van der Waals surface area contributed by atoms with Crippen molar-refractivity contribution in [1.29, 1.82) is 0 Å². The van der Waals surface area contributed by atoms with Crippen molar-refractivity contribution in [2.45, 2.75) is 69.2 Å². The van der Waals surface area contributed by atoms with E-state index in [0.717, 1.165) is 111 Å². The summed E-state index contributed by atoms with van der Waals surface area (Å²) >= 11 is 0. The molecule has 0 aliphatic rings. The van der Waals surface area contributed by atoms with Crippen LogP contribution < -0.4 is 18.3 Å². The molecule has 0 aliphatic heterocycles. The van der Waals surface area contributed by atoms with Gasteiger partial charge in [-0.15, -0.1) is 0 Å². The third kappa shape index (κ3) is 10.9. The molecule has 0 atom stereocenters. The summed E-state index contributed by atoms with van der Waals surface area (Å²) in [6.45, 7) is 20.8. The average Bonchev–Trinajstić information content (AvgIpc) is 1.64. The molecule has 0 bridgehead atoms. The van der Waals surface area contributed by atoms with E-state index in [2.05, 4.69) is 231 Å². The number of furan rings is 4. The van der Waals surface area contributed by atoms with Crippen LogP contribution in [0, 0.1) is 69.2 Å². The van der Waals surface area contributed by atoms with Gasteiger partial charge in [0, 0.05) is 114 Å². The molecule has 12 aromatic heterocycles. The van der Waals surface area contributed by atoms with E-state index in [1.165, 1.54) is 72.7 Å². The smallest absolute Gasteiger partial charge is 0.227 e. The zero-order chi connectivity index (χ0) is 62.8. The van der Waals surface area contributed by atoms with Crippen LogP contribution in [0.2, 0.25) is 0 Å². The van der Waals surface area contributed by atoms with Gasteiger partial charge < -0.3 is 17.7 Å². The van der Waals surface area contributed by atoms with E-state index in [-0.39, 0.29) is 0 Å². The minimum absolute atomic E-state index is 0.713. The summed E-state index contributed by atoms with van der Waals surface area (Å²) in [5.41, 5.74) is 28.6. The fourth-order valence-electron chi connectivity index (χ4n) is 12.6. The Balaban J connectivity index is 0.000000110. The number of pyridine rings is 8. The van der Waals surface area contributed by atoms with Crippen LogP contribution >= 0.6 is 0 Å². The number of aromatic nitrogens is 8. The predicted octanol–water partition coefficient (Wildman–Crippen LogP) is 17.0. The third-order valence-electron chi connectivity index (χ3n) is 17.2.